The third kappa shape index (κ3) is 4.04. The summed E-state index contributed by atoms with van der Waals surface area (Å²) < 4.78 is 46.8. The van der Waals surface area contributed by atoms with Crippen LogP contribution in [-0.2, 0) is 11.2 Å². The summed E-state index contributed by atoms with van der Waals surface area (Å²) in [5.41, 5.74) is 0.414. The summed E-state index contributed by atoms with van der Waals surface area (Å²) in [6, 6.07) is 2.89. The summed E-state index contributed by atoms with van der Waals surface area (Å²) in [5, 5.41) is 2.82. The molecule has 8 nitrogen and oxygen atoms in total. The smallest absolute Gasteiger partial charge is 0.262 e. The van der Waals surface area contributed by atoms with Crippen molar-refractivity contribution in [3.8, 4) is 17.4 Å². The summed E-state index contributed by atoms with van der Waals surface area (Å²) in [7, 11) is 0. The number of anilines is 1. The fourth-order valence-electron chi connectivity index (χ4n) is 4.84. The van der Waals surface area contributed by atoms with E-state index in [0.29, 0.717) is 43.7 Å². The lowest BCUT2D eigenvalue weighted by molar-refractivity contribution is -0.116. The van der Waals surface area contributed by atoms with Crippen LogP contribution in [0.25, 0.3) is 0 Å². The summed E-state index contributed by atoms with van der Waals surface area (Å²) in [6.45, 7) is 1.72. The first-order valence-electron chi connectivity index (χ1n) is 11.8. The van der Waals surface area contributed by atoms with Crippen LogP contribution in [-0.4, -0.2) is 59.3 Å². The molecule has 0 bridgehead atoms. The van der Waals surface area contributed by atoms with E-state index < -0.39 is 17.4 Å². The lowest BCUT2D eigenvalue weighted by Gasteiger charge is -2.22. The van der Waals surface area contributed by atoms with Gasteiger partial charge in [0.1, 0.15) is 36.3 Å². The summed E-state index contributed by atoms with van der Waals surface area (Å²) in [4.78, 5) is 31.2. The van der Waals surface area contributed by atoms with E-state index in [-0.39, 0.29) is 60.4 Å². The molecule has 4 heterocycles. The molecule has 0 unspecified atom stereocenters. The highest BCUT2D eigenvalue weighted by Crippen LogP contribution is 2.43. The molecule has 2 amide bonds. The fraction of sp³-hybridized carbons (Fsp3) is 0.480. The van der Waals surface area contributed by atoms with E-state index in [4.69, 9.17) is 14.2 Å². The zero-order valence-corrected chi connectivity index (χ0v) is 19.2. The van der Waals surface area contributed by atoms with Gasteiger partial charge in [0, 0.05) is 25.1 Å². The maximum Gasteiger partial charge on any atom is 0.262 e. The fourth-order valence-corrected chi connectivity index (χ4v) is 4.84. The number of ether oxygens (including phenoxy) is 3. The third-order valence-electron chi connectivity index (χ3n) is 7.06. The first-order valence-corrected chi connectivity index (χ1v) is 11.8. The SMILES string of the molecule is Cc1cc2c(c(OCC3(F)CC3)c1F)C(=O)N1C[C@@H](Oc3cc4c(cn3)CCC(=O)N4)C[C@@H]1CO2. The van der Waals surface area contributed by atoms with Gasteiger partial charge in [0.05, 0.1) is 18.3 Å². The normalized spacial score (nSPS) is 23.9. The van der Waals surface area contributed by atoms with Crippen LogP contribution >= 0.6 is 0 Å². The van der Waals surface area contributed by atoms with Crippen LogP contribution in [0.4, 0.5) is 14.5 Å². The predicted molar refractivity (Wildman–Crippen MR) is 120 cm³/mol. The number of nitrogens with one attached hydrogen (secondary N) is 1. The molecule has 6 rings (SSSR count). The summed E-state index contributed by atoms with van der Waals surface area (Å²) in [6.07, 6.45) is 3.60. The number of hydrogen-bond acceptors (Lipinski definition) is 6. The van der Waals surface area contributed by atoms with E-state index >= 15 is 4.39 Å². The molecule has 184 valence electrons. The second-order valence-corrected chi connectivity index (χ2v) is 9.78. The standard InChI is InChI=1S/C25H25F2N3O5/c1-13-6-18-21(23(22(13)26)34-12-25(27)4-5-25)24(32)30-10-16(7-15(30)11-33-18)35-20-8-17-14(9-28-20)2-3-19(31)29-17/h6,8-9,15-16H,2-5,7,10-12H2,1H3,(H,29,31)/t15-,16+/m1/s1. The number of carbonyl (C=O) groups is 2. The highest BCUT2D eigenvalue weighted by molar-refractivity contribution is 6.00. The second-order valence-electron chi connectivity index (χ2n) is 9.78. The van der Waals surface area contributed by atoms with Crippen LogP contribution in [0.5, 0.6) is 17.4 Å². The molecule has 35 heavy (non-hydrogen) atoms. The van der Waals surface area contributed by atoms with Crippen molar-refractivity contribution in [3.63, 3.8) is 0 Å². The zero-order chi connectivity index (χ0) is 24.3. The molecule has 3 aliphatic heterocycles. The van der Waals surface area contributed by atoms with Crippen LogP contribution in [0.3, 0.4) is 0 Å². The Hall–Kier alpha value is -3.43. The number of amides is 2. The third-order valence-corrected chi connectivity index (χ3v) is 7.06. The van der Waals surface area contributed by atoms with Crippen molar-refractivity contribution in [2.24, 2.45) is 0 Å². The number of hydrogen-bond donors (Lipinski definition) is 1. The van der Waals surface area contributed by atoms with E-state index in [9.17, 15) is 14.0 Å². The Morgan fingerprint density at radius 3 is 2.91 bits per heavy atom. The van der Waals surface area contributed by atoms with Crippen molar-refractivity contribution < 1.29 is 32.6 Å². The molecule has 2 fully saturated rings. The van der Waals surface area contributed by atoms with Gasteiger partial charge in [-0.3, -0.25) is 9.59 Å². The van der Waals surface area contributed by atoms with Gasteiger partial charge in [-0.15, -0.1) is 0 Å². The Labute approximate surface area is 200 Å². The largest absolute Gasteiger partial charge is 0.490 e. The van der Waals surface area contributed by atoms with E-state index in [1.165, 1.54) is 6.07 Å². The Morgan fingerprint density at radius 1 is 1.29 bits per heavy atom. The number of rotatable bonds is 5. The molecule has 1 N–H and O–H groups in total. The highest BCUT2D eigenvalue weighted by Gasteiger charge is 2.46. The lowest BCUT2D eigenvalue weighted by Crippen LogP contribution is -2.37. The van der Waals surface area contributed by atoms with Gasteiger partial charge in [-0.25, -0.2) is 13.8 Å². The molecule has 1 saturated carbocycles. The van der Waals surface area contributed by atoms with Crippen molar-refractivity contribution in [1.29, 1.82) is 0 Å². The molecule has 1 aromatic carbocycles. The molecule has 0 radical (unpaired) electrons. The van der Waals surface area contributed by atoms with Crippen LogP contribution < -0.4 is 19.5 Å². The number of pyridine rings is 1. The molecule has 4 aliphatic rings. The first-order chi connectivity index (χ1) is 16.8. The van der Waals surface area contributed by atoms with Crippen LogP contribution in [0.15, 0.2) is 18.3 Å². The topological polar surface area (TPSA) is 90.0 Å². The van der Waals surface area contributed by atoms with Gasteiger partial charge in [-0.1, -0.05) is 0 Å². The Bertz CT molecular complexity index is 1230. The number of carbonyl (C=O) groups excluding carboxylic acids is 2. The molecule has 1 aliphatic carbocycles. The Morgan fingerprint density at radius 2 is 2.11 bits per heavy atom. The van der Waals surface area contributed by atoms with Gasteiger partial charge in [-0.05, 0) is 43.4 Å². The first kappa shape index (κ1) is 22.1. The minimum Gasteiger partial charge on any atom is -0.490 e. The summed E-state index contributed by atoms with van der Waals surface area (Å²) in [5.74, 6) is -0.831. The van der Waals surface area contributed by atoms with Crippen molar-refractivity contribution in [3.05, 3.63) is 40.8 Å². The zero-order valence-electron chi connectivity index (χ0n) is 19.2. The maximum absolute atomic E-state index is 15.0. The molecule has 2 atom stereocenters. The quantitative estimate of drug-likeness (QED) is 0.699. The van der Waals surface area contributed by atoms with Crippen molar-refractivity contribution in [1.82, 2.24) is 9.88 Å². The molecular weight excluding hydrogens is 460 g/mol. The minimum atomic E-state index is -1.46. The van der Waals surface area contributed by atoms with E-state index in [2.05, 4.69) is 10.3 Å². The number of fused-ring (bicyclic) bond motifs is 3. The number of benzene rings is 1. The van der Waals surface area contributed by atoms with Crippen LogP contribution in [0.1, 0.15) is 47.2 Å². The van der Waals surface area contributed by atoms with Crippen molar-refractivity contribution in [2.45, 2.75) is 56.8 Å². The van der Waals surface area contributed by atoms with E-state index in [1.807, 2.05) is 0 Å². The highest BCUT2D eigenvalue weighted by atomic mass is 19.1. The molecule has 1 aromatic heterocycles. The van der Waals surface area contributed by atoms with Gasteiger partial charge in [0.2, 0.25) is 11.8 Å². The van der Waals surface area contributed by atoms with Crippen molar-refractivity contribution in [2.75, 3.05) is 25.1 Å². The number of halogens is 2. The van der Waals surface area contributed by atoms with Gasteiger partial charge < -0.3 is 24.4 Å². The lowest BCUT2D eigenvalue weighted by atomic mass is 10.1. The van der Waals surface area contributed by atoms with Gasteiger partial charge in [-0.2, -0.15) is 0 Å². The number of alkyl halides is 1. The molecule has 0 spiro atoms. The minimum absolute atomic E-state index is 0.0184. The maximum atomic E-state index is 15.0. The summed E-state index contributed by atoms with van der Waals surface area (Å²) >= 11 is 0. The van der Waals surface area contributed by atoms with Gasteiger partial charge in [0.15, 0.2) is 11.6 Å². The molecule has 10 heteroatoms. The Balaban J connectivity index is 1.23. The Kier molecular flexibility index (Phi) is 5.08. The molecule has 2 aromatic rings. The van der Waals surface area contributed by atoms with Crippen LogP contribution in [0.2, 0.25) is 0 Å². The molecule has 1 saturated heterocycles. The second kappa shape index (κ2) is 8.07. The van der Waals surface area contributed by atoms with Crippen molar-refractivity contribution >= 4 is 17.5 Å². The predicted octanol–water partition coefficient (Wildman–Crippen LogP) is 3.35. The average Bonchev–Trinajstić information content (AvgIpc) is 3.46. The van der Waals surface area contributed by atoms with Crippen LogP contribution in [0, 0.1) is 12.7 Å². The van der Waals surface area contributed by atoms with Gasteiger partial charge in [0.25, 0.3) is 5.91 Å². The number of aromatic nitrogens is 1. The van der Waals surface area contributed by atoms with Gasteiger partial charge >= 0.3 is 0 Å². The number of aryl methyl sites for hydroxylation is 2. The number of nitrogens with zero attached hydrogens (tertiary/aromatic N) is 2. The van der Waals surface area contributed by atoms with E-state index in [1.54, 1.807) is 24.1 Å². The molecular formula is C25H25F2N3O5. The monoisotopic (exact) mass is 485 g/mol. The average molecular weight is 485 g/mol. The van der Waals surface area contributed by atoms with E-state index in [0.717, 1.165) is 5.56 Å².